The molecule has 0 aliphatic carbocycles. The lowest BCUT2D eigenvalue weighted by molar-refractivity contribution is -0.114. The molecular formula is C25H20N4O4S3. The highest BCUT2D eigenvalue weighted by Crippen LogP contribution is 2.43. The molecule has 0 spiro atoms. The van der Waals surface area contributed by atoms with Crippen molar-refractivity contribution in [1.82, 2.24) is 9.97 Å². The average Bonchev–Trinajstić information content (AvgIpc) is 3.42. The molecule has 182 valence electrons. The molecule has 2 aromatic heterocycles. The van der Waals surface area contributed by atoms with E-state index < -0.39 is 10.1 Å². The number of nitrogens with zero attached hydrogens (tertiary/aromatic N) is 3. The molecule has 2 heterocycles. The molecule has 2 N–H and O–H groups in total. The fourth-order valence-electron chi connectivity index (χ4n) is 3.69. The molecule has 0 unspecified atom stereocenters. The normalized spacial score (nSPS) is 11.5. The number of carbonyl (C=O) groups is 1. The zero-order valence-corrected chi connectivity index (χ0v) is 21.6. The molecule has 0 atom stereocenters. The van der Waals surface area contributed by atoms with Crippen molar-refractivity contribution >= 4 is 70.6 Å². The quantitative estimate of drug-likeness (QED) is 0.241. The van der Waals surface area contributed by atoms with Crippen molar-refractivity contribution < 1.29 is 17.8 Å². The number of benzene rings is 3. The van der Waals surface area contributed by atoms with Crippen molar-refractivity contribution in [3.63, 3.8) is 0 Å². The van der Waals surface area contributed by atoms with Gasteiger partial charge in [-0.3, -0.25) is 14.2 Å². The Morgan fingerprint density at radius 3 is 2.22 bits per heavy atom. The third-order valence-corrected chi connectivity index (χ3v) is 8.17. The Morgan fingerprint density at radius 2 is 1.58 bits per heavy atom. The van der Waals surface area contributed by atoms with E-state index in [9.17, 15) is 17.8 Å². The van der Waals surface area contributed by atoms with E-state index in [1.165, 1.54) is 41.7 Å². The van der Waals surface area contributed by atoms with Gasteiger partial charge >= 0.3 is 0 Å². The van der Waals surface area contributed by atoms with Gasteiger partial charge in [-0.2, -0.15) is 8.42 Å². The van der Waals surface area contributed by atoms with Crippen LogP contribution in [0.4, 0.5) is 21.6 Å². The highest BCUT2D eigenvalue weighted by molar-refractivity contribution is 7.85. The van der Waals surface area contributed by atoms with Crippen molar-refractivity contribution in [2.75, 3.05) is 10.2 Å². The Kier molecular flexibility index (Phi) is 6.31. The molecular weight excluding hydrogens is 517 g/mol. The number of fused-ring (bicyclic) bond motifs is 1. The molecule has 1 amide bonds. The van der Waals surface area contributed by atoms with Crippen LogP contribution in [-0.2, 0) is 14.9 Å². The smallest absolute Gasteiger partial charge is 0.294 e. The van der Waals surface area contributed by atoms with Crippen molar-refractivity contribution in [3.05, 3.63) is 77.7 Å². The maximum Gasteiger partial charge on any atom is 0.294 e. The second-order valence-electron chi connectivity index (χ2n) is 7.93. The van der Waals surface area contributed by atoms with Gasteiger partial charge in [0, 0.05) is 23.1 Å². The molecule has 0 aliphatic rings. The van der Waals surface area contributed by atoms with Crippen LogP contribution in [-0.4, -0.2) is 28.8 Å². The SMILES string of the molecule is CC(=O)Nc1ccc(-c2nc(N(c3ccc(S(=O)(=O)O)cc3)c3nc4ccccc4s3)sc2C)cc1. The highest BCUT2D eigenvalue weighted by atomic mass is 32.2. The molecule has 0 saturated carbocycles. The number of amides is 1. The minimum Gasteiger partial charge on any atom is -0.326 e. The molecule has 3 aromatic carbocycles. The van der Waals surface area contributed by atoms with E-state index in [-0.39, 0.29) is 10.8 Å². The van der Waals surface area contributed by atoms with Gasteiger partial charge in [-0.25, -0.2) is 9.97 Å². The van der Waals surface area contributed by atoms with Crippen molar-refractivity contribution in [2.24, 2.45) is 0 Å². The van der Waals surface area contributed by atoms with Gasteiger partial charge < -0.3 is 5.32 Å². The minimum absolute atomic E-state index is 0.138. The zero-order valence-electron chi connectivity index (χ0n) is 19.2. The number of hydrogen-bond acceptors (Lipinski definition) is 8. The Balaban J connectivity index is 1.60. The van der Waals surface area contributed by atoms with Crippen LogP contribution in [0.2, 0.25) is 0 Å². The van der Waals surface area contributed by atoms with Gasteiger partial charge in [0.05, 0.1) is 26.5 Å². The molecule has 0 aliphatic heterocycles. The Hall–Kier alpha value is -3.64. The van der Waals surface area contributed by atoms with Crippen LogP contribution >= 0.6 is 22.7 Å². The number of anilines is 4. The summed E-state index contributed by atoms with van der Waals surface area (Å²) in [6.45, 7) is 3.44. The predicted molar refractivity (Wildman–Crippen MR) is 144 cm³/mol. The summed E-state index contributed by atoms with van der Waals surface area (Å²) in [5, 5.41) is 4.10. The lowest BCUT2D eigenvalue weighted by Gasteiger charge is -2.19. The highest BCUT2D eigenvalue weighted by Gasteiger charge is 2.23. The molecule has 0 saturated heterocycles. The van der Waals surface area contributed by atoms with Gasteiger partial charge in [0.2, 0.25) is 5.91 Å². The number of para-hydroxylation sites is 1. The topological polar surface area (TPSA) is 112 Å². The second-order valence-corrected chi connectivity index (χ2v) is 11.5. The zero-order chi connectivity index (χ0) is 25.4. The van der Waals surface area contributed by atoms with E-state index in [0.29, 0.717) is 21.6 Å². The van der Waals surface area contributed by atoms with Gasteiger partial charge in [-0.05, 0) is 55.5 Å². The summed E-state index contributed by atoms with van der Waals surface area (Å²) < 4.78 is 33.5. The third kappa shape index (κ3) is 4.86. The molecule has 0 radical (unpaired) electrons. The molecule has 36 heavy (non-hydrogen) atoms. The summed E-state index contributed by atoms with van der Waals surface area (Å²) in [7, 11) is -4.32. The third-order valence-electron chi connectivity index (χ3n) is 5.32. The largest absolute Gasteiger partial charge is 0.326 e. The van der Waals surface area contributed by atoms with E-state index in [1.807, 2.05) is 60.4 Å². The van der Waals surface area contributed by atoms with E-state index in [0.717, 1.165) is 26.4 Å². The van der Waals surface area contributed by atoms with Crippen molar-refractivity contribution in [3.8, 4) is 11.3 Å². The monoisotopic (exact) mass is 536 g/mol. The van der Waals surface area contributed by atoms with Crippen LogP contribution in [0, 0.1) is 6.92 Å². The molecule has 0 bridgehead atoms. The summed E-state index contributed by atoms with van der Waals surface area (Å²) in [6, 6.07) is 21.2. The maximum absolute atomic E-state index is 11.6. The number of nitrogens with one attached hydrogen (secondary N) is 1. The Morgan fingerprint density at radius 1 is 0.917 bits per heavy atom. The summed E-state index contributed by atoms with van der Waals surface area (Å²) in [4.78, 5) is 23.7. The van der Waals surface area contributed by atoms with Crippen LogP contribution < -0.4 is 10.2 Å². The Bertz CT molecular complexity index is 1640. The van der Waals surface area contributed by atoms with E-state index in [2.05, 4.69) is 5.32 Å². The minimum atomic E-state index is -4.32. The predicted octanol–water partition coefficient (Wildman–Crippen LogP) is 6.40. The summed E-state index contributed by atoms with van der Waals surface area (Å²) >= 11 is 2.98. The molecule has 5 aromatic rings. The van der Waals surface area contributed by atoms with Gasteiger partial charge in [0.15, 0.2) is 10.3 Å². The summed E-state index contributed by atoms with van der Waals surface area (Å²) in [6.07, 6.45) is 0. The van der Waals surface area contributed by atoms with E-state index in [4.69, 9.17) is 9.97 Å². The maximum atomic E-state index is 11.6. The summed E-state index contributed by atoms with van der Waals surface area (Å²) in [5.41, 5.74) is 3.90. The first-order valence-corrected chi connectivity index (χ1v) is 13.8. The van der Waals surface area contributed by atoms with Crippen LogP contribution in [0.3, 0.4) is 0 Å². The van der Waals surface area contributed by atoms with Crippen LogP contribution in [0.1, 0.15) is 11.8 Å². The fourth-order valence-corrected chi connectivity index (χ4v) is 6.17. The molecule has 8 nitrogen and oxygen atoms in total. The lowest BCUT2D eigenvalue weighted by atomic mass is 10.1. The number of carbonyl (C=O) groups excluding carboxylic acids is 1. The van der Waals surface area contributed by atoms with Crippen LogP contribution in [0.5, 0.6) is 0 Å². The Labute approximate surface area is 215 Å². The van der Waals surface area contributed by atoms with Gasteiger partial charge in [-0.1, -0.05) is 35.6 Å². The number of aryl methyl sites for hydroxylation is 1. The van der Waals surface area contributed by atoms with Gasteiger partial charge in [0.25, 0.3) is 10.1 Å². The number of rotatable bonds is 6. The van der Waals surface area contributed by atoms with E-state index in [1.54, 1.807) is 12.1 Å². The van der Waals surface area contributed by atoms with Crippen molar-refractivity contribution in [1.29, 1.82) is 0 Å². The summed E-state index contributed by atoms with van der Waals surface area (Å²) in [5.74, 6) is -0.138. The molecule has 0 fully saturated rings. The molecule has 11 heteroatoms. The first kappa shape index (κ1) is 24.1. The van der Waals surface area contributed by atoms with Crippen molar-refractivity contribution in [2.45, 2.75) is 18.7 Å². The van der Waals surface area contributed by atoms with Gasteiger partial charge in [0.1, 0.15) is 0 Å². The first-order valence-electron chi connectivity index (χ1n) is 10.8. The van der Waals surface area contributed by atoms with Gasteiger partial charge in [-0.15, -0.1) is 11.3 Å². The number of hydrogen-bond donors (Lipinski definition) is 2. The average molecular weight is 537 g/mol. The first-order chi connectivity index (χ1) is 17.2. The molecule has 5 rings (SSSR count). The number of thiazole rings is 2. The lowest BCUT2D eigenvalue weighted by Crippen LogP contribution is -2.10. The van der Waals surface area contributed by atoms with E-state index >= 15 is 0 Å². The van der Waals surface area contributed by atoms with Crippen LogP contribution in [0.25, 0.3) is 21.5 Å². The standard InChI is InChI=1S/C25H20N4O4S3/c1-15-23(17-7-9-18(10-8-17)26-16(2)30)28-25(34-15)29(19-11-13-20(14-12-19)36(31,32)33)24-27-21-5-3-4-6-22(21)35-24/h3-14H,1-2H3,(H,26,30)(H,31,32,33). The number of aromatic nitrogens is 2. The fraction of sp³-hybridized carbons (Fsp3) is 0.0800. The van der Waals surface area contributed by atoms with Crippen LogP contribution in [0.15, 0.2) is 77.7 Å². The second kappa shape index (κ2) is 9.43.